The molecule has 2 aromatic heterocycles. The highest BCUT2D eigenvalue weighted by atomic mass is 79.9. The van der Waals surface area contributed by atoms with Crippen molar-refractivity contribution in [3.05, 3.63) is 32.7 Å². The predicted octanol–water partition coefficient (Wildman–Crippen LogP) is 2.59. The van der Waals surface area contributed by atoms with E-state index in [0.29, 0.717) is 0 Å². The molecule has 2 aromatic rings. The number of nitrogens with zero attached hydrogens (tertiary/aromatic N) is 3. The third-order valence-corrected chi connectivity index (χ3v) is 4.18. The van der Waals surface area contributed by atoms with Crippen molar-refractivity contribution in [1.82, 2.24) is 15.0 Å². The molecule has 0 radical (unpaired) electrons. The highest BCUT2D eigenvalue weighted by molar-refractivity contribution is 9.10. The Bertz CT molecular complexity index is 468. The molecular weight excluding hydrogens is 290 g/mol. The second-order valence-corrected chi connectivity index (χ2v) is 5.22. The highest BCUT2D eigenvalue weighted by Crippen LogP contribution is 2.32. The van der Waals surface area contributed by atoms with Gasteiger partial charge in [-0.15, -0.1) is 16.4 Å². The number of aryl methyl sites for hydroxylation is 1. The van der Waals surface area contributed by atoms with E-state index in [0.717, 1.165) is 28.0 Å². The van der Waals surface area contributed by atoms with Gasteiger partial charge in [-0.1, -0.05) is 12.1 Å². The normalized spacial score (nSPS) is 12.9. The Morgan fingerprint density at radius 1 is 1.62 bits per heavy atom. The standard InChI is InChI=1S/C10H12BrN3OS/c1-2-4-14-8(6-12-13-14)9(15)10-7(11)3-5-16-10/h3,5-6,9,15H,2,4H2,1H3. The van der Waals surface area contributed by atoms with Crippen LogP contribution in [0.25, 0.3) is 0 Å². The number of rotatable bonds is 4. The van der Waals surface area contributed by atoms with Crippen LogP contribution in [0.1, 0.15) is 30.0 Å². The second-order valence-electron chi connectivity index (χ2n) is 3.42. The number of aliphatic hydroxyl groups excluding tert-OH is 1. The summed E-state index contributed by atoms with van der Waals surface area (Å²) in [5.41, 5.74) is 0.741. The van der Waals surface area contributed by atoms with E-state index >= 15 is 0 Å². The Kier molecular flexibility index (Phi) is 3.73. The summed E-state index contributed by atoms with van der Waals surface area (Å²) < 4.78 is 2.67. The monoisotopic (exact) mass is 301 g/mol. The van der Waals surface area contributed by atoms with Gasteiger partial charge in [0.2, 0.25) is 0 Å². The maximum atomic E-state index is 10.2. The van der Waals surface area contributed by atoms with Crippen LogP contribution in [0.5, 0.6) is 0 Å². The second kappa shape index (κ2) is 5.07. The molecule has 86 valence electrons. The Morgan fingerprint density at radius 3 is 3.06 bits per heavy atom. The maximum absolute atomic E-state index is 10.2. The van der Waals surface area contributed by atoms with Gasteiger partial charge in [0.15, 0.2) is 0 Å². The summed E-state index contributed by atoms with van der Waals surface area (Å²) in [6.45, 7) is 2.84. The number of halogens is 1. The highest BCUT2D eigenvalue weighted by Gasteiger charge is 2.19. The molecule has 1 atom stereocenters. The van der Waals surface area contributed by atoms with Crippen LogP contribution >= 0.6 is 27.3 Å². The average molecular weight is 302 g/mol. The van der Waals surface area contributed by atoms with Gasteiger partial charge in [0.25, 0.3) is 0 Å². The number of aromatic nitrogens is 3. The fraction of sp³-hybridized carbons (Fsp3) is 0.400. The fourth-order valence-electron chi connectivity index (χ4n) is 1.50. The Morgan fingerprint density at radius 2 is 2.44 bits per heavy atom. The third kappa shape index (κ3) is 2.18. The fourth-order valence-corrected chi connectivity index (χ4v) is 3.08. The summed E-state index contributed by atoms with van der Waals surface area (Å²) in [6.07, 6.45) is 1.93. The van der Waals surface area contributed by atoms with Crippen LogP contribution in [0.4, 0.5) is 0 Å². The van der Waals surface area contributed by atoms with Gasteiger partial charge >= 0.3 is 0 Å². The predicted molar refractivity (Wildman–Crippen MR) is 66.4 cm³/mol. The number of thiophene rings is 1. The minimum atomic E-state index is -0.657. The zero-order valence-corrected chi connectivity index (χ0v) is 11.2. The summed E-state index contributed by atoms with van der Waals surface area (Å²) in [7, 11) is 0. The summed E-state index contributed by atoms with van der Waals surface area (Å²) >= 11 is 4.93. The lowest BCUT2D eigenvalue weighted by Gasteiger charge is -2.10. The van der Waals surface area contributed by atoms with E-state index in [1.807, 2.05) is 11.4 Å². The van der Waals surface area contributed by atoms with Crippen molar-refractivity contribution in [2.45, 2.75) is 26.0 Å². The van der Waals surface area contributed by atoms with E-state index < -0.39 is 6.10 Å². The SMILES string of the molecule is CCCn1nncc1C(O)c1sccc1Br. The quantitative estimate of drug-likeness (QED) is 0.944. The molecule has 0 bridgehead atoms. The lowest BCUT2D eigenvalue weighted by molar-refractivity contribution is 0.210. The topological polar surface area (TPSA) is 50.9 Å². The van der Waals surface area contributed by atoms with Crippen molar-refractivity contribution in [3.63, 3.8) is 0 Å². The van der Waals surface area contributed by atoms with Gasteiger partial charge in [-0.2, -0.15) is 0 Å². The molecule has 1 N–H and O–H groups in total. The molecular formula is C10H12BrN3OS. The molecule has 0 aliphatic carbocycles. The van der Waals surface area contributed by atoms with Gasteiger partial charge in [-0.3, -0.25) is 0 Å². The maximum Gasteiger partial charge on any atom is 0.132 e. The molecule has 4 nitrogen and oxygen atoms in total. The van der Waals surface area contributed by atoms with Crippen LogP contribution in [0, 0.1) is 0 Å². The van der Waals surface area contributed by atoms with E-state index in [1.165, 1.54) is 11.3 Å². The first-order chi connectivity index (χ1) is 7.74. The zero-order valence-electron chi connectivity index (χ0n) is 8.80. The van der Waals surface area contributed by atoms with E-state index in [-0.39, 0.29) is 0 Å². The minimum absolute atomic E-state index is 0.657. The van der Waals surface area contributed by atoms with Crippen molar-refractivity contribution < 1.29 is 5.11 Å². The molecule has 2 heterocycles. The molecule has 0 saturated heterocycles. The summed E-state index contributed by atoms with van der Waals surface area (Å²) in [5, 5.41) is 20.0. The molecule has 0 spiro atoms. The Labute approximate surface area is 106 Å². The van der Waals surface area contributed by atoms with Crippen molar-refractivity contribution in [3.8, 4) is 0 Å². The van der Waals surface area contributed by atoms with Crippen LogP contribution in [0.3, 0.4) is 0 Å². The van der Waals surface area contributed by atoms with Crippen LogP contribution < -0.4 is 0 Å². The molecule has 0 aliphatic rings. The van der Waals surface area contributed by atoms with Crippen LogP contribution in [0.2, 0.25) is 0 Å². The van der Waals surface area contributed by atoms with Crippen LogP contribution in [-0.4, -0.2) is 20.1 Å². The molecule has 0 amide bonds. The molecule has 0 aliphatic heterocycles. The molecule has 2 rings (SSSR count). The first-order valence-electron chi connectivity index (χ1n) is 5.03. The average Bonchev–Trinajstić information content (AvgIpc) is 2.87. The molecule has 0 aromatic carbocycles. The van der Waals surface area contributed by atoms with Crippen LogP contribution in [-0.2, 0) is 6.54 Å². The molecule has 6 heteroatoms. The van der Waals surface area contributed by atoms with Gasteiger partial charge in [-0.05, 0) is 33.8 Å². The molecule has 0 fully saturated rings. The van der Waals surface area contributed by atoms with Crippen molar-refractivity contribution in [2.75, 3.05) is 0 Å². The number of aliphatic hydroxyl groups is 1. The summed E-state index contributed by atoms with van der Waals surface area (Å²) in [6, 6.07) is 1.93. The smallest absolute Gasteiger partial charge is 0.132 e. The Balaban J connectivity index is 2.30. The van der Waals surface area contributed by atoms with Gasteiger partial charge in [0, 0.05) is 11.0 Å². The lowest BCUT2D eigenvalue weighted by Crippen LogP contribution is -2.09. The van der Waals surface area contributed by atoms with Gasteiger partial charge < -0.3 is 5.11 Å². The number of hydrogen-bond donors (Lipinski definition) is 1. The third-order valence-electron chi connectivity index (χ3n) is 2.26. The van der Waals surface area contributed by atoms with Gasteiger partial charge in [0.1, 0.15) is 6.10 Å². The Hall–Kier alpha value is -0.720. The van der Waals surface area contributed by atoms with Crippen LogP contribution in [0.15, 0.2) is 22.1 Å². The zero-order chi connectivity index (χ0) is 11.5. The van der Waals surface area contributed by atoms with Crippen molar-refractivity contribution in [1.29, 1.82) is 0 Å². The van der Waals surface area contributed by atoms with Crippen molar-refractivity contribution in [2.24, 2.45) is 0 Å². The molecule has 16 heavy (non-hydrogen) atoms. The van der Waals surface area contributed by atoms with Crippen molar-refractivity contribution >= 4 is 27.3 Å². The largest absolute Gasteiger partial charge is 0.381 e. The van der Waals surface area contributed by atoms with E-state index in [4.69, 9.17) is 0 Å². The minimum Gasteiger partial charge on any atom is -0.381 e. The van der Waals surface area contributed by atoms with Gasteiger partial charge in [0.05, 0.1) is 16.8 Å². The summed E-state index contributed by atoms with van der Waals surface area (Å²) in [5.74, 6) is 0. The van der Waals surface area contributed by atoms with E-state index in [1.54, 1.807) is 10.9 Å². The lowest BCUT2D eigenvalue weighted by atomic mass is 10.2. The number of hydrogen-bond acceptors (Lipinski definition) is 4. The first kappa shape index (κ1) is 11.8. The van der Waals surface area contributed by atoms with Gasteiger partial charge in [-0.25, -0.2) is 4.68 Å². The molecule has 0 saturated carbocycles. The van der Waals surface area contributed by atoms with E-state index in [2.05, 4.69) is 33.2 Å². The van der Waals surface area contributed by atoms with E-state index in [9.17, 15) is 5.11 Å². The molecule has 1 unspecified atom stereocenters. The summed E-state index contributed by atoms with van der Waals surface area (Å²) in [4.78, 5) is 0.889. The first-order valence-corrected chi connectivity index (χ1v) is 6.70.